The summed E-state index contributed by atoms with van der Waals surface area (Å²) >= 11 is 0. The highest BCUT2D eigenvalue weighted by atomic mass is 27.0. The molecule has 0 radical (unpaired) electrons. The van der Waals surface area contributed by atoms with Crippen LogP contribution in [0.5, 0.6) is 0 Å². The van der Waals surface area contributed by atoms with Gasteiger partial charge in [0.05, 0.1) is 0 Å². The summed E-state index contributed by atoms with van der Waals surface area (Å²) in [6.45, 7) is 5.26. The number of carboxylic acids is 2. The van der Waals surface area contributed by atoms with Crippen LogP contribution < -0.4 is 0 Å². The van der Waals surface area contributed by atoms with E-state index in [1.165, 1.54) is 27.7 Å². The van der Waals surface area contributed by atoms with Crippen LogP contribution in [0.1, 0.15) is 27.7 Å². The highest BCUT2D eigenvalue weighted by Crippen LogP contribution is 1.94. The molecule has 17 heavy (non-hydrogen) atoms. The maximum Gasteiger partial charge on any atom is 0.313 e. The summed E-state index contributed by atoms with van der Waals surface area (Å²) in [6, 6.07) is 0. The van der Waals surface area contributed by atoms with E-state index in [-0.39, 0.29) is 28.9 Å². The van der Waals surface area contributed by atoms with Crippen molar-refractivity contribution < 1.29 is 29.4 Å². The van der Waals surface area contributed by atoms with Crippen LogP contribution in [-0.4, -0.2) is 51.1 Å². The quantitative estimate of drug-likeness (QED) is 0.517. The van der Waals surface area contributed by atoms with E-state index < -0.39 is 23.8 Å². The van der Waals surface area contributed by atoms with Crippen LogP contribution >= 0.6 is 0 Å². The third-order valence-electron chi connectivity index (χ3n) is 1.96. The van der Waals surface area contributed by atoms with E-state index in [0.29, 0.717) is 0 Å². The van der Waals surface area contributed by atoms with Gasteiger partial charge < -0.3 is 10.2 Å². The predicted molar refractivity (Wildman–Crippen MR) is 64.9 cm³/mol. The number of carbonyl (C=O) groups excluding carboxylic acids is 2. The number of ketones is 2. The third-order valence-corrected chi connectivity index (χ3v) is 1.96. The van der Waals surface area contributed by atoms with E-state index in [0.717, 1.165) is 0 Å². The Morgan fingerprint density at radius 2 is 0.941 bits per heavy atom. The fourth-order valence-electron chi connectivity index (χ4n) is 0.348. The first-order valence-electron chi connectivity index (χ1n) is 4.57. The number of hydrogen-bond acceptors (Lipinski definition) is 4. The van der Waals surface area contributed by atoms with E-state index in [2.05, 4.69) is 0 Å². The molecule has 0 heterocycles. The summed E-state index contributed by atoms with van der Waals surface area (Å²) in [6.07, 6.45) is 0. The second-order valence-electron chi connectivity index (χ2n) is 3.34. The van der Waals surface area contributed by atoms with E-state index in [9.17, 15) is 19.2 Å². The lowest BCUT2D eigenvalue weighted by Gasteiger charge is -1.96. The molecule has 0 rings (SSSR count). The molecule has 0 aliphatic heterocycles. The van der Waals surface area contributed by atoms with Gasteiger partial charge in [-0.2, -0.15) is 0 Å². The van der Waals surface area contributed by atoms with Gasteiger partial charge in [-0.1, -0.05) is 0 Å². The zero-order valence-corrected chi connectivity index (χ0v) is 9.68. The van der Waals surface area contributed by atoms with Gasteiger partial charge >= 0.3 is 11.9 Å². The maximum atomic E-state index is 10.2. The molecule has 0 saturated carbocycles. The highest BCUT2D eigenvalue weighted by Gasteiger charge is 2.15. The van der Waals surface area contributed by atoms with Gasteiger partial charge in [0.25, 0.3) is 0 Å². The predicted octanol–water partition coefficient (Wildman–Crippen LogP) is -0.592. The Labute approximate surface area is 110 Å². The van der Waals surface area contributed by atoms with Crippen LogP contribution in [0.4, 0.5) is 0 Å². The average molecular weight is 262 g/mol. The molecule has 0 fully saturated rings. The lowest BCUT2D eigenvalue weighted by molar-refractivity contribution is -0.146. The first-order valence-corrected chi connectivity index (χ1v) is 4.57. The zero-order chi connectivity index (χ0) is 13.5. The van der Waals surface area contributed by atoms with Crippen molar-refractivity contribution in [3.8, 4) is 0 Å². The van der Waals surface area contributed by atoms with Gasteiger partial charge in [-0.3, -0.25) is 19.2 Å². The molecule has 2 atom stereocenters. The molecule has 6 nitrogen and oxygen atoms in total. The van der Waals surface area contributed by atoms with Gasteiger partial charge in [-0.25, -0.2) is 0 Å². The zero-order valence-electron chi connectivity index (χ0n) is 9.68. The molecule has 0 amide bonds. The topological polar surface area (TPSA) is 109 Å². The molecule has 0 aromatic carbocycles. The molecule has 0 bridgehead atoms. The largest absolute Gasteiger partial charge is 0.481 e. The van der Waals surface area contributed by atoms with Crippen LogP contribution in [0.25, 0.3) is 0 Å². The number of aliphatic carboxylic acids is 2. The molecule has 2 N–H and O–H groups in total. The lowest BCUT2D eigenvalue weighted by Crippen LogP contribution is -2.16. The Hall–Kier alpha value is -1.19. The first kappa shape index (κ1) is 21.1. The van der Waals surface area contributed by atoms with E-state index in [1.807, 2.05) is 0 Å². The second-order valence-corrected chi connectivity index (χ2v) is 3.34. The minimum absolute atomic E-state index is 0. The average Bonchev–Trinajstić information content (AvgIpc) is 2.15. The number of hydrogen-bond donors (Lipinski definition) is 2. The summed E-state index contributed by atoms with van der Waals surface area (Å²) < 4.78 is 0. The van der Waals surface area contributed by atoms with Crippen molar-refractivity contribution in [2.45, 2.75) is 27.7 Å². The number of carboxylic acid groups (broad SMARTS) is 2. The minimum Gasteiger partial charge on any atom is -0.481 e. The SMILES string of the molecule is CC(=O)C(C)C(=O)O.CC(=O)C(C)C(=O)O.[AlH3]. The molecular weight excluding hydrogens is 243 g/mol. The molecule has 98 valence electrons. The standard InChI is InChI=1S/2C5H8O3.Al.3H/c2*1-3(4(2)6)5(7)8;;;;/h2*3H,1-2H3,(H,7,8);;;;. The Morgan fingerprint density at radius 1 is 0.765 bits per heavy atom. The highest BCUT2D eigenvalue weighted by molar-refractivity contribution is 5.96. The third kappa shape index (κ3) is 11.1. The van der Waals surface area contributed by atoms with E-state index in [4.69, 9.17) is 10.2 Å². The van der Waals surface area contributed by atoms with Crippen LogP contribution in [0, 0.1) is 11.8 Å². The summed E-state index contributed by atoms with van der Waals surface area (Å²) in [5, 5.41) is 16.3. The molecule has 7 heteroatoms. The van der Waals surface area contributed by atoms with Gasteiger partial charge in [0, 0.05) is 0 Å². The minimum atomic E-state index is -1.06. The normalized spacial score (nSPS) is 12.0. The van der Waals surface area contributed by atoms with Crippen molar-refractivity contribution in [3.63, 3.8) is 0 Å². The number of rotatable bonds is 4. The molecule has 0 saturated heterocycles. The Morgan fingerprint density at radius 3 is 0.941 bits per heavy atom. The number of carbonyl (C=O) groups is 4. The van der Waals surface area contributed by atoms with Crippen molar-refractivity contribution in [1.82, 2.24) is 0 Å². The van der Waals surface area contributed by atoms with Crippen molar-refractivity contribution in [2.24, 2.45) is 11.8 Å². The van der Waals surface area contributed by atoms with Crippen molar-refractivity contribution in [3.05, 3.63) is 0 Å². The first-order chi connectivity index (χ1) is 7.11. The summed E-state index contributed by atoms with van der Waals surface area (Å²) in [4.78, 5) is 40.2. The summed E-state index contributed by atoms with van der Waals surface area (Å²) in [5.41, 5.74) is 0. The maximum absolute atomic E-state index is 10.2. The van der Waals surface area contributed by atoms with Gasteiger partial charge in [0.2, 0.25) is 0 Å². The Kier molecular flexibility index (Phi) is 12.4. The van der Waals surface area contributed by atoms with E-state index in [1.54, 1.807) is 0 Å². The second kappa shape index (κ2) is 10.00. The van der Waals surface area contributed by atoms with Crippen LogP contribution in [0.2, 0.25) is 0 Å². The smallest absolute Gasteiger partial charge is 0.313 e. The van der Waals surface area contributed by atoms with Crippen molar-refractivity contribution in [2.75, 3.05) is 0 Å². The molecule has 0 aromatic heterocycles. The molecule has 0 aliphatic rings. The summed E-state index contributed by atoms with van der Waals surface area (Å²) in [5.74, 6) is -4.44. The van der Waals surface area contributed by atoms with Gasteiger partial charge in [-0.15, -0.1) is 0 Å². The van der Waals surface area contributed by atoms with Crippen LogP contribution in [0.15, 0.2) is 0 Å². The fraction of sp³-hybridized carbons (Fsp3) is 0.600. The van der Waals surface area contributed by atoms with Gasteiger partial charge in [0.15, 0.2) is 17.4 Å². The summed E-state index contributed by atoms with van der Waals surface area (Å²) in [7, 11) is 0. The number of Topliss-reactive ketones (excluding diaryl/α,β-unsaturated/α-hetero) is 2. The monoisotopic (exact) mass is 262 g/mol. The molecule has 0 spiro atoms. The Bertz CT molecular complexity index is 241. The van der Waals surface area contributed by atoms with Crippen molar-refractivity contribution in [1.29, 1.82) is 0 Å². The van der Waals surface area contributed by atoms with Gasteiger partial charge in [-0.05, 0) is 27.7 Å². The van der Waals surface area contributed by atoms with Crippen LogP contribution in [-0.2, 0) is 19.2 Å². The molecule has 2 unspecified atom stereocenters. The lowest BCUT2D eigenvalue weighted by atomic mass is 10.1. The Balaban J connectivity index is -0.000000218. The molecular formula is C10H19AlO6. The molecule has 0 aromatic rings. The fourth-order valence-corrected chi connectivity index (χ4v) is 0.348. The van der Waals surface area contributed by atoms with E-state index >= 15 is 0 Å². The van der Waals surface area contributed by atoms with Crippen LogP contribution in [0.3, 0.4) is 0 Å². The molecule has 0 aliphatic carbocycles. The van der Waals surface area contributed by atoms with Gasteiger partial charge in [0.1, 0.15) is 23.4 Å². The van der Waals surface area contributed by atoms with Crippen molar-refractivity contribution >= 4 is 40.9 Å².